The Morgan fingerprint density at radius 2 is 1.76 bits per heavy atom. The fourth-order valence-corrected chi connectivity index (χ4v) is 3.15. The van der Waals surface area contributed by atoms with Crippen molar-refractivity contribution in [2.75, 3.05) is 6.26 Å². The van der Waals surface area contributed by atoms with Gasteiger partial charge in [0, 0.05) is 17.5 Å². The normalized spacial score (nSPS) is 10.4. The summed E-state index contributed by atoms with van der Waals surface area (Å²) in [5.74, 6) is 0.254. The Labute approximate surface area is 173 Å². The minimum absolute atomic E-state index is 0.0599. The SMILES string of the molecule is CSc1ccc([N+](=O)[O-])c(C(=O)NCc2ccc(OCc3ccccc3)cc2)c1. The number of thioether (sulfide) groups is 1. The van der Waals surface area contributed by atoms with Crippen molar-refractivity contribution in [2.45, 2.75) is 18.0 Å². The number of rotatable bonds is 8. The molecule has 148 valence electrons. The summed E-state index contributed by atoms with van der Waals surface area (Å²) in [6.45, 7) is 0.741. The number of carbonyl (C=O) groups is 1. The smallest absolute Gasteiger partial charge is 0.282 e. The van der Waals surface area contributed by atoms with Gasteiger partial charge in [0.2, 0.25) is 0 Å². The van der Waals surface area contributed by atoms with E-state index in [9.17, 15) is 14.9 Å². The van der Waals surface area contributed by atoms with Crippen LogP contribution in [0.25, 0.3) is 0 Å². The van der Waals surface area contributed by atoms with Gasteiger partial charge in [-0.05, 0) is 41.6 Å². The third kappa shape index (κ3) is 5.58. The first-order valence-corrected chi connectivity index (χ1v) is 10.2. The molecule has 0 spiro atoms. The Morgan fingerprint density at radius 3 is 2.41 bits per heavy atom. The highest BCUT2D eigenvalue weighted by atomic mass is 32.2. The number of ether oxygens (including phenoxy) is 1. The molecule has 3 aromatic rings. The molecule has 0 heterocycles. The number of nitrogens with zero attached hydrogens (tertiary/aromatic N) is 1. The predicted molar refractivity (Wildman–Crippen MR) is 113 cm³/mol. The van der Waals surface area contributed by atoms with Crippen molar-refractivity contribution >= 4 is 23.4 Å². The lowest BCUT2D eigenvalue weighted by atomic mass is 10.1. The van der Waals surface area contributed by atoms with E-state index in [1.807, 2.05) is 60.9 Å². The number of carbonyl (C=O) groups excluding carboxylic acids is 1. The molecule has 1 N–H and O–H groups in total. The van der Waals surface area contributed by atoms with E-state index in [1.165, 1.54) is 17.8 Å². The van der Waals surface area contributed by atoms with Crippen LogP contribution in [0.1, 0.15) is 21.5 Å². The Balaban J connectivity index is 1.60. The molecule has 0 bridgehead atoms. The highest BCUT2D eigenvalue weighted by Gasteiger charge is 2.20. The largest absolute Gasteiger partial charge is 0.489 e. The fourth-order valence-electron chi connectivity index (χ4n) is 2.71. The molecule has 3 rings (SSSR count). The van der Waals surface area contributed by atoms with Gasteiger partial charge in [-0.3, -0.25) is 14.9 Å². The number of nitro benzene ring substituents is 1. The van der Waals surface area contributed by atoms with Gasteiger partial charge in [0.1, 0.15) is 17.9 Å². The van der Waals surface area contributed by atoms with Crippen molar-refractivity contribution in [2.24, 2.45) is 0 Å². The molecule has 0 fully saturated rings. The topological polar surface area (TPSA) is 81.5 Å². The monoisotopic (exact) mass is 408 g/mol. The third-order valence-corrected chi connectivity index (χ3v) is 5.00. The molecule has 0 aliphatic rings. The second-order valence-corrected chi connectivity index (χ2v) is 7.12. The summed E-state index contributed by atoms with van der Waals surface area (Å²) in [5, 5.41) is 14.0. The zero-order chi connectivity index (χ0) is 20.6. The van der Waals surface area contributed by atoms with E-state index in [-0.39, 0.29) is 17.8 Å². The van der Waals surface area contributed by atoms with Crippen LogP contribution < -0.4 is 10.1 Å². The van der Waals surface area contributed by atoms with Crippen molar-refractivity contribution in [1.29, 1.82) is 0 Å². The van der Waals surface area contributed by atoms with Crippen LogP contribution in [0.15, 0.2) is 77.7 Å². The Morgan fingerprint density at radius 1 is 1.03 bits per heavy atom. The molecular weight excluding hydrogens is 388 g/mol. The summed E-state index contributed by atoms with van der Waals surface area (Å²) in [5.41, 5.74) is 1.81. The van der Waals surface area contributed by atoms with Crippen molar-refractivity contribution in [1.82, 2.24) is 5.32 Å². The predicted octanol–water partition coefficient (Wildman–Crippen LogP) is 4.83. The molecule has 0 aromatic heterocycles. The maximum atomic E-state index is 12.5. The van der Waals surface area contributed by atoms with Gasteiger partial charge in [-0.2, -0.15) is 0 Å². The zero-order valence-corrected chi connectivity index (χ0v) is 16.6. The first kappa shape index (κ1) is 20.4. The lowest BCUT2D eigenvalue weighted by Crippen LogP contribution is -2.23. The molecule has 0 aliphatic carbocycles. The van der Waals surface area contributed by atoms with Gasteiger partial charge in [0.05, 0.1) is 4.92 Å². The summed E-state index contributed by atoms with van der Waals surface area (Å²) in [6, 6.07) is 21.8. The van der Waals surface area contributed by atoms with Crippen LogP contribution in [0.2, 0.25) is 0 Å². The molecule has 0 saturated heterocycles. The van der Waals surface area contributed by atoms with Crippen molar-refractivity contribution in [3.8, 4) is 5.75 Å². The van der Waals surface area contributed by atoms with Gasteiger partial charge in [0.15, 0.2) is 0 Å². The van der Waals surface area contributed by atoms with E-state index in [2.05, 4.69) is 5.32 Å². The summed E-state index contributed by atoms with van der Waals surface area (Å²) < 4.78 is 5.74. The average Bonchev–Trinajstić information content (AvgIpc) is 2.77. The molecule has 0 saturated carbocycles. The molecule has 0 aliphatic heterocycles. The summed E-state index contributed by atoms with van der Waals surface area (Å²) in [7, 11) is 0. The Hall–Kier alpha value is -3.32. The van der Waals surface area contributed by atoms with Crippen LogP contribution in [0.5, 0.6) is 5.75 Å². The Bertz CT molecular complexity index is 991. The fraction of sp³-hybridized carbons (Fsp3) is 0.136. The van der Waals surface area contributed by atoms with Crippen LogP contribution in [0.4, 0.5) is 5.69 Å². The van der Waals surface area contributed by atoms with Gasteiger partial charge in [0.25, 0.3) is 11.6 Å². The van der Waals surface area contributed by atoms with Gasteiger partial charge in [-0.15, -0.1) is 11.8 Å². The number of nitro groups is 1. The van der Waals surface area contributed by atoms with Gasteiger partial charge in [-0.1, -0.05) is 42.5 Å². The van der Waals surface area contributed by atoms with E-state index in [4.69, 9.17) is 4.74 Å². The maximum Gasteiger partial charge on any atom is 0.282 e. The van der Waals surface area contributed by atoms with Crippen LogP contribution in [0.3, 0.4) is 0 Å². The molecule has 29 heavy (non-hydrogen) atoms. The van der Waals surface area contributed by atoms with E-state index in [0.29, 0.717) is 6.61 Å². The standard InChI is InChI=1S/C22H20N2O4S/c1-29-19-11-12-21(24(26)27)20(13-19)22(25)23-14-16-7-9-18(10-8-16)28-15-17-5-3-2-4-6-17/h2-13H,14-15H2,1H3,(H,23,25). The molecule has 1 amide bonds. The zero-order valence-electron chi connectivity index (χ0n) is 15.8. The second-order valence-electron chi connectivity index (χ2n) is 6.24. The molecule has 0 atom stereocenters. The number of hydrogen-bond donors (Lipinski definition) is 1. The highest BCUT2D eigenvalue weighted by Crippen LogP contribution is 2.25. The van der Waals surface area contributed by atoms with Crippen LogP contribution in [-0.2, 0) is 13.2 Å². The van der Waals surface area contributed by atoms with Crippen LogP contribution in [0, 0.1) is 10.1 Å². The van der Waals surface area contributed by atoms with Gasteiger partial charge < -0.3 is 10.1 Å². The number of amides is 1. The summed E-state index contributed by atoms with van der Waals surface area (Å²) in [4.78, 5) is 23.9. The maximum absolute atomic E-state index is 12.5. The molecular formula is C22H20N2O4S. The quantitative estimate of drug-likeness (QED) is 0.328. The van der Waals surface area contributed by atoms with E-state index >= 15 is 0 Å². The highest BCUT2D eigenvalue weighted by molar-refractivity contribution is 7.98. The van der Waals surface area contributed by atoms with Crippen molar-refractivity contribution in [3.63, 3.8) is 0 Å². The van der Waals surface area contributed by atoms with Crippen LogP contribution >= 0.6 is 11.8 Å². The van der Waals surface area contributed by atoms with Crippen molar-refractivity contribution < 1.29 is 14.5 Å². The minimum Gasteiger partial charge on any atom is -0.489 e. The molecule has 6 nitrogen and oxygen atoms in total. The van der Waals surface area contributed by atoms with E-state index in [1.54, 1.807) is 12.1 Å². The minimum atomic E-state index is -0.544. The average molecular weight is 408 g/mol. The molecule has 0 radical (unpaired) electrons. The van der Waals surface area contributed by atoms with E-state index in [0.717, 1.165) is 21.8 Å². The van der Waals surface area contributed by atoms with Crippen molar-refractivity contribution in [3.05, 3.63) is 99.6 Å². The lowest BCUT2D eigenvalue weighted by Gasteiger charge is -2.09. The number of benzene rings is 3. The molecule has 7 heteroatoms. The first-order valence-electron chi connectivity index (χ1n) is 8.93. The first-order chi connectivity index (χ1) is 14.1. The summed E-state index contributed by atoms with van der Waals surface area (Å²) >= 11 is 1.42. The van der Waals surface area contributed by atoms with Gasteiger partial charge >= 0.3 is 0 Å². The van der Waals surface area contributed by atoms with Gasteiger partial charge in [-0.25, -0.2) is 0 Å². The van der Waals surface area contributed by atoms with Crippen LogP contribution in [-0.4, -0.2) is 17.1 Å². The number of hydrogen-bond acceptors (Lipinski definition) is 5. The third-order valence-electron chi connectivity index (χ3n) is 4.27. The Kier molecular flexibility index (Phi) is 6.86. The second kappa shape index (κ2) is 9.75. The molecule has 3 aromatic carbocycles. The number of nitrogens with one attached hydrogen (secondary N) is 1. The molecule has 0 unspecified atom stereocenters. The lowest BCUT2D eigenvalue weighted by molar-refractivity contribution is -0.385. The summed E-state index contributed by atoms with van der Waals surface area (Å²) in [6.07, 6.45) is 1.85. The van der Waals surface area contributed by atoms with E-state index < -0.39 is 10.8 Å².